The molecule has 1 saturated carbocycles. The van der Waals surface area contributed by atoms with Crippen LogP contribution >= 0.6 is 0 Å². The van der Waals surface area contributed by atoms with Gasteiger partial charge in [0.25, 0.3) is 0 Å². The maximum atomic E-state index is 12.9. The van der Waals surface area contributed by atoms with Crippen LogP contribution in [-0.4, -0.2) is 6.54 Å². The van der Waals surface area contributed by atoms with E-state index in [0.717, 1.165) is 24.9 Å². The van der Waals surface area contributed by atoms with E-state index in [0.29, 0.717) is 5.56 Å². The molecule has 0 saturated heterocycles. The van der Waals surface area contributed by atoms with E-state index in [4.69, 9.17) is 0 Å². The van der Waals surface area contributed by atoms with Crippen LogP contribution in [0.2, 0.25) is 0 Å². The first-order valence-electron chi connectivity index (χ1n) is 6.88. The van der Waals surface area contributed by atoms with Crippen LogP contribution in [-0.2, 0) is 6.18 Å². The van der Waals surface area contributed by atoms with E-state index < -0.39 is 11.7 Å². The normalized spacial score (nSPS) is 17.5. The van der Waals surface area contributed by atoms with Crippen LogP contribution in [0.1, 0.15) is 49.8 Å². The van der Waals surface area contributed by atoms with Gasteiger partial charge in [-0.25, -0.2) is 0 Å². The summed E-state index contributed by atoms with van der Waals surface area (Å²) < 4.78 is 38.7. The summed E-state index contributed by atoms with van der Waals surface area (Å²) >= 11 is 0. The van der Waals surface area contributed by atoms with Crippen molar-refractivity contribution >= 4 is 0 Å². The van der Waals surface area contributed by atoms with E-state index in [9.17, 15) is 13.2 Å². The van der Waals surface area contributed by atoms with Crippen LogP contribution in [0.5, 0.6) is 0 Å². The molecule has 4 heteroatoms. The molecule has 1 aliphatic carbocycles. The molecule has 0 aliphatic heterocycles. The number of hydrogen-bond acceptors (Lipinski definition) is 1. The summed E-state index contributed by atoms with van der Waals surface area (Å²) in [5, 5.41) is 3.19. The molecule has 1 N–H and O–H groups in total. The molecular weight excluding hydrogens is 251 g/mol. The Morgan fingerprint density at radius 2 is 1.95 bits per heavy atom. The molecule has 0 spiro atoms. The lowest BCUT2D eigenvalue weighted by molar-refractivity contribution is -0.138. The molecule has 0 aromatic heterocycles. The number of alkyl halides is 3. The quantitative estimate of drug-likeness (QED) is 0.749. The predicted octanol–water partition coefficient (Wildman–Crippen LogP) is 4.55. The van der Waals surface area contributed by atoms with Crippen molar-refractivity contribution in [1.82, 2.24) is 5.32 Å². The fourth-order valence-corrected chi connectivity index (χ4v) is 2.36. The summed E-state index contributed by atoms with van der Waals surface area (Å²) in [5.41, 5.74) is -0.196. The Balaban J connectivity index is 1.91. The molecule has 0 bridgehead atoms. The molecule has 19 heavy (non-hydrogen) atoms. The topological polar surface area (TPSA) is 12.0 Å². The molecule has 0 amide bonds. The summed E-state index contributed by atoms with van der Waals surface area (Å²) in [6.45, 7) is 2.57. The van der Waals surface area contributed by atoms with Gasteiger partial charge in [-0.15, -0.1) is 0 Å². The smallest absolute Gasteiger partial charge is 0.310 e. The lowest BCUT2D eigenvalue weighted by Gasteiger charge is -2.19. The van der Waals surface area contributed by atoms with Crippen molar-refractivity contribution in [1.29, 1.82) is 0 Å². The number of benzene rings is 1. The van der Waals surface area contributed by atoms with Crippen molar-refractivity contribution in [2.24, 2.45) is 5.92 Å². The lowest BCUT2D eigenvalue weighted by Crippen LogP contribution is -2.23. The van der Waals surface area contributed by atoms with Crippen molar-refractivity contribution in [2.75, 3.05) is 6.54 Å². The first-order valence-corrected chi connectivity index (χ1v) is 6.88. The molecular formula is C15H20F3N. The van der Waals surface area contributed by atoms with Crippen molar-refractivity contribution in [2.45, 2.75) is 44.8 Å². The number of hydrogen-bond donors (Lipinski definition) is 1. The fourth-order valence-electron chi connectivity index (χ4n) is 2.36. The van der Waals surface area contributed by atoms with Crippen LogP contribution in [0, 0.1) is 5.92 Å². The minimum Gasteiger partial charge on any atom is -0.310 e. The zero-order valence-electron chi connectivity index (χ0n) is 11.1. The van der Waals surface area contributed by atoms with Gasteiger partial charge in [0.15, 0.2) is 0 Å². The second-order valence-electron chi connectivity index (χ2n) is 5.35. The molecule has 1 aliphatic rings. The van der Waals surface area contributed by atoms with Crippen molar-refractivity contribution in [3.63, 3.8) is 0 Å². The van der Waals surface area contributed by atoms with E-state index >= 15 is 0 Å². The van der Waals surface area contributed by atoms with Gasteiger partial charge in [0, 0.05) is 6.04 Å². The standard InChI is InChI=1S/C15H20F3N/c1-11(19-10-4-5-12-8-9-12)13-6-2-3-7-14(13)15(16,17)18/h2-3,6-7,11-12,19H,4-5,8-10H2,1H3. The SMILES string of the molecule is CC(NCCCC1CC1)c1ccccc1C(F)(F)F. The molecule has 2 rings (SSSR count). The Morgan fingerprint density at radius 1 is 1.26 bits per heavy atom. The van der Waals surface area contributed by atoms with Crippen LogP contribution in [0.4, 0.5) is 13.2 Å². The fraction of sp³-hybridized carbons (Fsp3) is 0.600. The zero-order valence-corrected chi connectivity index (χ0v) is 11.1. The molecule has 1 atom stereocenters. The van der Waals surface area contributed by atoms with Gasteiger partial charge in [0.1, 0.15) is 0 Å². The van der Waals surface area contributed by atoms with Crippen LogP contribution in [0.15, 0.2) is 24.3 Å². The van der Waals surface area contributed by atoms with Gasteiger partial charge in [-0.05, 0) is 43.9 Å². The monoisotopic (exact) mass is 271 g/mol. The van der Waals surface area contributed by atoms with Crippen LogP contribution in [0.3, 0.4) is 0 Å². The Kier molecular flexibility index (Phi) is 4.50. The Labute approximate surface area is 112 Å². The zero-order chi connectivity index (χ0) is 13.9. The van der Waals surface area contributed by atoms with Gasteiger partial charge in [0.05, 0.1) is 5.56 Å². The van der Waals surface area contributed by atoms with E-state index in [1.54, 1.807) is 19.1 Å². The molecule has 1 nitrogen and oxygen atoms in total. The molecule has 1 fully saturated rings. The van der Waals surface area contributed by atoms with Gasteiger partial charge >= 0.3 is 6.18 Å². The number of rotatable bonds is 6. The average Bonchev–Trinajstić information content (AvgIpc) is 3.17. The summed E-state index contributed by atoms with van der Waals surface area (Å²) in [6.07, 6.45) is 0.614. The van der Waals surface area contributed by atoms with Crippen LogP contribution in [0.25, 0.3) is 0 Å². The lowest BCUT2D eigenvalue weighted by atomic mass is 10.0. The summed E-state index contributed by atoms with van der Waals surface area (Å²) in [6, 6.07) is 5.54. The van der Waals surface area contributed by atoms with Gasteiger partial charge in [-0.1, -0.05) is 31.0 Å². The second kappa shape index (κ2) is 5.95. The number of nitrogens with one attached hydrogen (secondary N) is 1. The van der Waals surface area contributed by atoms with Gasteiger partial charge in [0.2, 0.25) is 0 Å². The van der Waals surface area contributed by atoms with E-state index in [-0.39, 0.29) is 6.04 Å². The summed E-state index contributed by atoms with van der Waals surface area (Å²) in [4.78, 5) is 0. The molecule has 106 valence electrons. The second-order valence-corrected chi connectivity index (χ2v) is 5.35. The first-order chi connectivity index (χ1) is 8.98. The Hall–Kier alpha value is -1.03. The average molecular weight is 271 g/mol. The highest BCUT2D eigenvalue weighted by atomic mass is 19.4. The van der Waals surface area contributed by atoms with E-state index in [1.165, 1.54) is 25.3 Å². The van der Waals surface area contributed by atoms with Crippen molar-refractivity contribution in [3.8, 4) is 0 Å². The minimum atomic E-state index is -4.28. The predicted molar refractivity (Wildman–Crippen MR) is 69.8 cm³/mol. The third-order valence-electron chi connectivity index (χ3n) is 3.67. The Bertz CT molecular complexity index is 410. The number of halogens is 3. The van der Waals surface area contributed by atoms with Crippen molar-refractivity contribution in [3.05, 3.63) is 35.4 Å². The third kappa shape index (κ3) is 4.23. The van der Waals surface area contributed by atoms with Crippen molar-refractivity contribution < 1.29 is 13.2 Å². The highest BCUT2D eigenvalue weighted by Crippen LogP contribution is 2.35. The van der Waals surface area contributed by atoms with Crippen LogP contribution < -0.4 is 5.32 Å². The molecule has 0 radical (unpaired) electrons. The highest BCUT2D eigenvalue weighted by Gasteiger charge is 2.34. The van der Waals surface area contributed by atoms with Gasteiger partial charge in [-0.3, -0.25) is 0 Å². The molecule has 0 heterocycles. The van der Waals surface area contributed by atoms with E-state index in [2.05, 4.69) is 5.32 Å². The largest absolute Gasteiger partial charge is 0.416 e. The first kappa shape index (κ1) is 14.4. The van der Waals surface area contributed by atoms with E-state index in [1.807, 2.05) is 0 Å². The Morgan fingerprint density at radius 3 is 2.58 bits per heavy atom. The molecule has 1 aromatic rings. The third-order valence-corrected chi connectivity index (χ3v) is 3.67. The summed E-state index contributed by atoms with van der Waals surface area (Å²) in [7, 11) is 0. The highest BCUT2D eigenvalue weighted by molar-refractivity contribution is 5.31. The maximum absolute atomic E-state index is 12.9. The molecule has 1 aromatic carbocycles. The molecule has 1 unspecified atom stereocenters. The summed E-state index contributed by atoms with van der Waals surface area (Å²) in [5.74, 6) is 0.875. The van der Waals surface area contributed by atoms with Gasteiger partial charge in [-0.2, -0.15) is 13.2 Å². The van der Waals surface area contributed by atoms with Gasteiger partial charge < -0.3 is 5.32 Å². The minimum absolute atomic E-state index is 0.267. The maximum Gasteiger partial charge on any atom is 0.416 e.